The largest absolute Gasteiger partial charge is 0.467 e. The second-order valence-corrected chi connectivity index (χ2v) is 7.45. The molecule has 3 aliphatic rings. The van der Waals surface area contributed by atoms with E-state index in [2.05, 4.69) is 0 Å². The molecule has 6 heteroatoms. The number of nitrogens with zero attached hydrogens (tertiary/aromatic N) is 1. The Morgan fingerprint density at radius 3 is 2.83 bits per heavy atom. The second kappa shape index (κ2) is 5.85. The summed E-state index contributed by atoms with van der Waals surface area (Å²) in [6.07, 6.45) is 6.00. The number of amides is 1. The maximum atomic E-state index is 13.0. The molecule has 0 saturated carbocycles. The van der Waals surface area contributed by atoms with Gasteiger partial charge in [0.15, 0.2) is 5.54 Å². The normalized spacial score (nSPS) is 43.0. The number of allylic oxidation sites excluding steroid dienone is 1. The van der Waals surface area contributed by atoms with Crippen molar-refractivity contribution < 1.29 is 24.2 Å². The van der Waals surface area contributed by atoms with E-state index in [0.29, 0.717) is 6.42 Å². The maximum Gasteiger partial charge on any atom is 0.337 e. The van der Waals surface area contributed by atoms with Gasteiger partial charge in [0.25, 0.3) is 0 Å². The molecule has 0 aromatic carbocycles. The zero-order chi connectivity index (χ0) is 17.7. The van der Waals surface area contributed by atoms with Crippen molar-refractivity contribution in [1.29, 1.82) is 0 Å². The number of hydrogen-bond donors (Lipinski definition) is 1. The number of carbonyl (C=O) groups is 2. The van der Waals surface area contributed by atoms with Gasteiger partial charge in [-0.2, -0.15) is 0 Å². The summed E-state index contributed by atoms with van der Waals surface area (Å²) in [7, 11) is 2.87. The number of fused-ring (bicyclic) bond motifs is 1. The topological polar surface area (TPSA) is 76.1 Å². The average Bonchev–Trinajstić information content (AvgIpc) is 2.96. The molecular formula is C18H27NO5. The molecule has 2 saturated heterocycles. The Morgan fingerprint density at radius 1 is 1.54 bits per heavy atom. The van der Waals surface area contributed by atoms with Crippen molar-refractivity contribution in [3.63, 3.8) is 0 Å². The minimum Gasteiger partial charge on any atom is -0.467 e. The van der Waals surface area contributed by atoms with Crippen LogP contribution >= 0.6 is 0 Å². The number of aliphatic hydroxyl groups excluding tert-OH is 1. The van der Waals surface area contributed by atoms with E-state index in [1.165, 1.54) is 12.0 Å². The van der Waals surface area contributed by atoms with Crippen molar-refractivity contribution in [2.75, 3.05) is 14.2 Å². The first-order valence-corrected chi connectivity index (χ1v) is 8.69. The minimum atomic E-state index is -1.53. The molecule has 0 radical (unpaired) electrons. The number of rotatable bonds is 3. The van der Waals surface area contributed by atoms with E-state index in [0.717, 1.165) is 19.3 Å². The molecule has 0 bridgehead atoms. The Morgan fingerprint density at radius 2 is 2.25 bits per heavy atom. The van der Waals surface area contributed by atoms with Crippen LogP contribution in [-0.4, -0.2) is 59.4 Å². The van der Waals surface area contributed by atoms with Gasteiger partial charge >= 0.3 is 5.97 Å². The molecule has 2 heterocycles. The Bertz CT molecular complexity index is 576. The number of likely N-dealkylation sites (tertiary alicyclic amines) is 1. The van der Waals surface area contributed by atoms with Gasteiger partial charge < -0.3 is 19.5 Å². The van der Waals surface area contributed by atoms with Gasteiger partial charge in [0.05, 0.1) is 25.2 Å². The number of hydrogen-bond acceptors (Lipinski definition) is 5. The lowest BCUT2D eigenvalue weighted by Gasteiger charge is -2.48. The van der Waals surface area contributed by atoms with Crippen LogP contribution in [0.1, 0.15) is 39.5 Å². The quantitative estimate of drug-likeness (QED) is 0.620. The van der Waals surface area contributed by atoms with E-state index < -0.39 is 29.1 Å². The van der Waals surface area contributed by atoms with Crippen LogP contribution in [0.4, 0.5) is 0 Å². The Labute approximate surface area is 142 Å². The monoisotopic (exact) mass is 337 g/mol. The molecule has 1 N–H and O–H groups in total. The first-order chi connectivity index (χ1) is 11.3. The summed E-state index contributed by atoms with van der Waals surface area (Å²) in [4.78, 5) is 27.2. The van der Waals surface area contributed by atoms with Crippen LogP contribution in [-0.2, 0) is 19.1 Å². The minimum absolute atomic E-state index is 0.143. The smallest absolute Gasteiger partial charge is 0.337 e. The van der Waals surface area contributed by atoms with Crippen LogP contribution in [0.2, 0.25) is 0 Å². The molecule has 2 aliphatic heterocycles. The summed E-state index contributed by atoms with van der Waals surface area (Å²) in [5, 5.41) is 11.3. The molecule has 0 spiro atoms. The third-order valence-electron chi connectivity index (χ3n) is 6.21. The number of aliphatic hydroxyl groups is 1. The van der Waals surface area contributed by atoms with E-state index in [1.54, 1.807) is 14.0 Å². The molecule has 1 unspecified atom stereocenters. The number of methoxy groups -OCH3 is 1. The fourth-order valence-corrected chi connectivity index (χ4v) is 5.06. The molecule has 134 valence electrons. The van der Waals surface area contributed by atoms with Crippen LogP contribution in [0, 0.1) is 11.8 Å². The van der Waals surface area contributed by atoms with Crippen LogP contribution in [0.3, 0.4) is 0 Å². The standard InChI is InChI=1S/C18H27NO5/c1-11-10-13-15(21)19(3)18(16(22)23-4,17(13,2)24-11)14(20)12-8-6-5-7-9-12/h6,8,11-14,20H,5,7,9-10H2,1-4H3/t11?,12-,13+,14+,17+,18+/m1/s1. The third kappa shape index (κ3) is 2.02. The van der Waals surface area contributed by atoms with Gasteiger partial charge in [-0.05, 0) is 39.5 Å². The molecule has 6 atom stereocenters. The van der Waals surface area contributed by atoms with Crippen molar-refractivity contribution in [2.24, 2.45) is 11.8 Å². The van der Waals surface area contributed by atoms with Crippen molar-refractivity contribution in [3.8, 4) is 0 Å². The summed E-state index contributed by atoms with van der Waals surface area (Å²) < 4.78 is 11.2. The van der Waals surface area contributed by atoms with Crippen molar-refractivity contribution >= 4 is 11.9 Å². The fourth-order valence-electron chi connectivity index (χ4n) is 5.06. The molecule has 0 aromatic heterocycles. The Hall–Kier alpha value is -1.40. The molecule has 1 aliphatic carbocycles. The molecule has 1 amide bonds. The predicted octanol–water partition coefficient (Wildman–Crippen LogP) is 1.27. The highest BCUT2D eigenvalue weighted by molar-refractivity contribution is 5.97. The van der Waals surface area contributed by atoms with Crippen molar-refractivity contribution in [3.05, 3.63) is 12.2 Å². The second-order valence-electron chi connectivity index (χ2n) is 7.45. The predicted molar refractivity (Wildman–Crippen MR) is 87.1 cm³/mol. The van der Waals surface area contributed by atoms with Gasteiger partial charge in [0, 0.05) is 13.0 Å². The third-order valence-corrected chi connectivity index (χ3v) is 6.21. The number of esters is 1. The lowest BCUT2D eigenvalue weighted by molar-refractivity contribution is -0.194. The van der Waals surface area contributed by atoms with Gasteiger partial charge in [-0.3, -0.25) is 4.79 Å². The van der Waals surface area contributed by atoms with Gasteiger partial charge in [0.2, 0.25) is 5.91 Å². The lowest BCUT2D eigenvalue weighted by Crippen LogP contribution is -2.70. The highest BCUT2D eigenvalue weighted by Crippen LogP contribution is 2.55. The Balaban J connectivity index is 2.14. The van der Waals surface area contributed by atoms with Crippen LogP contribution < -0.4 is 0 Å². The van der Waals surface area contributed by atoms with Gasteiger partial charge in [-0.15, -0.1) is 0 Å². The van der Waals surface area contributed by atoms with E-state index in [1.807, 2.05) is 19.1 Å². The highest BCUT2D eigenvalue weighted by atomic mass is 16.5. The van der Waals surface area contributed by atoms with Crippen molar-refractivity contribution in [2.45, 2.75) is 62.9 Å². The summed E-state index contributed by atoms with van der Waals surface area (Å²) in [6.45, 7) is 3.67. The van der Waals surface area contributed by atoms with Crippen LogP contribution in [0.25, 0.3) is 0 Å². The van der Waals surface area contributed by atoms with Gasteiger partial charge in [-0.1, -0.05) is 12.2 Å². The molecule has 3 rings (SSSR count). The zero-order valence-electron chi connectivity index (χ0n) is 14.8. The number of carbonyl (C=O) groups excluding carboxylic acids is 2. The van der Waals surface area contributed by atoms with Crippen LogP contribution in [0.5, 0.6) is 0 Å². The van der Waals surface area contributed by atoms with E-state index >= 15 is 0 Å². The summed E-state index contributed by atoms with van der Waals surface area (Å²) in [5.74, 6) is -1.42. The first kappa shape index (κ1) is 17.4. The first-order valence-electron chi connectivity index (χ1n) is 8.69. The average molecular weight is 337 g/mol. The number of ether oxygens (including phenoxy) is 2. The molecule has 6 nitrogen and oxygen atoms in total. The summed E-state index contributed by atoms with van der Waals surface area (Å²) in [5.41, 5.74) is -2.63. The molecular weight excluding hydrogens is 310 g/mol. The zero-order valence-corrected chi connectivity index (χ0v) is 14.8. The molecule has 24 heavy (non-hydrogen) atoms. The van der Waals surface area contributed by atoms with Crippen molar-refractivity contribution in [1.82, 2.24) is 4.90 Å². The molecule has 2 fully saturated rings. The van der Waals surface area contributed by atoms with Gasteiger partial charge in [0.1, 0.15) is 5.60 Å². The molecule has 0 aromatic rings. The number of likely N-dealkylation sites (N-methyl/N-ethyl adjacent to an activating group) is 1. The van der Waals surface area contributed by atoms with E-state index in [9.17, 15) is 14.7 Å². The fraction of sp³-hybridized carbons (Fsp3) is 0.778. The summed E-state index contributed by atoms with van der Waals surface area (Å²) >= 11 is 0. The van der Waals surface area contributed by atoms with E-state index in [4.69, 9.17) is 9.47 Å². The van der Waals surface area contributed by atoms with Gasteiger partial charge in [-0.25, -0.2) is 4.79 Å². The lowest BCUT2D eigenvalue weighted by atomic mass is 9.68. The Kier molecular flexibility index (Phi) is 4.24. The van der Waals surface area contributed by atoms with Crippen LogP contribution in [0.15, 0.2) is 12.2 Å². The van der Waals surface area contributed by atoms with E-state index in [-0.39, 0.29) is 17.9 Å². The maximum absolute atomic E-state index is 13.0. The highest BCUT2D eigenvalue weighted by Gasteiger charge is 2.76. The SMILES string of the molecule is COC(=O)[C@]1([C@@H](O)[C@@H]2C=CCCC2)N(C)C(=O)[C@@H]2CC(C)O[C@@]21C. The summed E-state index contributed by atoms with van der Waals surface area (Å²) in [6, 6.07) is 0.